The Morgan fingerprint density at radius 1 is 1.37 bits per heavy atom. The van der Waals surface area contributed by atoms with Crippen LogP contribution in [0, 0.1) is 12.7 Å². The fraction of sp³-hybridized carbons (Fsp3) is 0.417. The molecular formula is C12H14FNO3S2. The van der Waals surface area contributed by atoms with Crippen LogP contribution in [0.4, 0.5) is 4.39 Å². The van der Waals surface area contributed by atoms with Gasteiger partial charge >= 0.3 is 0 Å². The van der Waals surface area contributed by atoms with Crippen molar-refractivity contribution in [2.45, 2.75) is 26.3 Å². The number of halogens is 1. The van der Waals surface area contributed by atoms with Gasteiger partial charge in [-0.1, -0.05) is 11.3 Å². The molecule has 104 valence electrons. The first-order chi connectivity index (χ1) is 8.87. The summed E-state index contributed by atoms with van der Waals surface area (Å²) in [5.74, 6) is -0.635. The van der Waals surface area contributed by atoms with Crippen LogP contribution in [-0.4, -0.2) is 18.7 Å². The third-order valence-corrected chi connectivity index (χ3v) is 4.75. The summed E-state index contributed by atoms with van der Waals surface area (Å²) in [4.78, 5) is 0. The highest BCUT2D eigenvalue weighted by molar-refractivity contribution is 7.85. The van der Waals surface area contributed by atoms with Gasteiger partial charge in [-0.05, 0) is 18.6 Å². The van der Waals surface area contributed by atoms with Crippen molar-refractivity contribution in [1.29, 1.82) is 0 Å². The van der Waals surface area contributed by atoms with Crippen molar-refractivity contribution in [2.24, 2.45) is 0 Å². The van der Waals surface area contributed by atoms with Gasteiger partial charge in [-0.2, -0.15) is 4.57 Å². The Bertz CT molecular complexity index is 694. The number of aromatic nitrogens is 1. The fourth-order valence-electron chi connectivity index (χ4n) is 2.00. The number of fused-ring (bicyclic) bond motifs is 1. The standard InChI is InChI=1S/C12H14FNO3S2/c1-9-14(6-2-3-7-19(15,16)17)11-8-10(13)4-5-12(11)18-9/h4-5,8H,2-3,6-7H2,1H3. The van der Waals surface area contributed by atoms with Crippen molar-refractivity contribution in [2.75, 3.05) is 5.75 Å². The van der Waals surface area contributed by atoms with Gasteiger partial charge in [0.05, 0.1) is 10.1 Å². The predicted molar refractivity (Wildman–Crippen MR) is 70.5 cm³/mol. The molecule has 0 saturated heterocycles. The molecule has 0 aliphatic heterocycles. The Morgan fingerprint density at radius 2 is 2.11 bits per heavy atom. The lowest BCUT2D eigenvalue weighted by Crippen LogP contribution is -2.35. The van der Waals surface area contributed by atoms with Gasteiger partial charge in [0.1, 0.15) is 17.1 Å². The van der Waals surface area contributed by atoms with Crippen molar-refractivity contribution >= 4 is 31.7 Å². The van der Waals surface area contributed by atoms with E-state index in [-0.39, 0.29) is 11.6 Å². The SMILES string of the molecule is Cc1sc2ccc(F)cc2[n+]1CCCCS(=O)(=O)[O-]. The Kier molecular flexibility index (Phi) is 4.17. The quantitative estimate of drug-likeness (QED) is 0.482. The maximum Gasteiger partial charge on any atom is 0.235 e. The van der Waals surface area contributed by atoms with E-state index in [9.17, 15) is 17.4 Å². The molecule has 2 aromatic rings. The molecule has 0 spiro atoms. The van der Waals surface area contributed by atoms with Crippen molar-refractivity contribution < 1.29 is 21.9 Å². The van der Waals surface area contributed by atoms with Crippen LogP contribution >= 0.6 is 11.3 Å². The molecule has 19 heavy (non-hydrogen) atoms. The topological polar surface area (TPSA) is 61.1 Å². The second-order valence-electron chi connectivity index (χ2n) is 4.35. The van der Waals surface area contributed by atoms with E-state index in [4.69, 9.17) is 0 Å². The molecule has 2 rings (SSSR count). The molecule has 1 heterocycles. The van der Waals surface area contributed by atoms with Crippen LogP contribution < -0.4 is 4.57 Å². The molecule has 0 aliphatic carbocycles. The summed E-state index contributed by atoms with van der Waals surface area (Å²) in [7, 11) is -4.14. The number of hydrogen-bond acceptors (Lipinski definition) is 4. The summed E-state index contributed by atoms with van der Waals surface area (Å²) in [6, 6.07) is 4.64. The first-order valence-electron chi connectivity index (χ1n) is 5.89. The lowest BCUT2D eigenvalue weighted by atomic mass is 10.3. The molecule has 0 saturated carbocycles. The van der Waals surface area contributed by atoms with Gasteiger partial charge in [0.25, 0.3) is 0 Å². The van der Waals surface area contributed by atoms with Gasteiger partial charge in [-0.3, -0.25) is 0 Å². The molecule has 0 amide bonds. The Labute approximate surface area is 115 Å². The highest BCUT2D eigenvalue weighted by Gasteiger charge is 2.17. The molecule has 7 heteroatoms. The second-order valence-corrected chi connectivity index (χ2v) is 7.11. The van der Waals surface area contributed by atoms with Crippen LogP contribution in [0.1, 0.15) is 17.8 Å². The molecular weight excluding hydrogens is 289 g/mol. The predicted octanol–water partition coefficient (Wildman–Crippen LogP) is 1.96. The first kappa shape index (κ1) is 14.4. The van der Waals surface area contributed by atoms with E-state index in [1.807, 2.05) is 11.5 Å². The number of aryl methyl sites for hydroxylation is 2. The van der Waals surface area contributed by atoms with E-state index in [0.29, 0.717) is 19.4 Å². The van der Waals surface area contributed by atoms with Gasteiger partial charge in [0, 0.05) is 25.2 Å². The Morgan fingerprint density at radius 3 is 2.79 bits per heavy atom. The number of benzene rings is 1. The van der Waals surface area contributed by atoms with Gasteiger partial charge < -0.3 is 4.55 Å². The van der Waals surface area contributed by atoms with Crippen LogP contribution in [0.3, 0.4) is 0 Å². The van der Waals surface area contributed by atoms with Gasteiger partial charge in [-0.15, -0.1) is 0 Å². The van der Waals surface area contributed by atoms with E-state index in [2.05, 4.69) is 0 Å². The molecule has 0 N–H and O–H groups in total. The lowest BCUT2D eigenvalue weighted by molar-refractivity contribution is -0.673. The van der Waals surface area contributed by atoms with E-state index in [1.54, 1.807) is 17.4 Å². The van der Waals surface area contributed by atoms with Crippen molar-refractivity contribution in [1.82, 2.24) is 0 Å². The molecule has 4 nitrogen and oxygen atoms in total. The summed E-state index contributed by atoms with van der Waals surface area (Å²) in [6.07, 6.45) is 0.903. The molecule has 0 atom stereocenters. The fourth-order valence-corrected chi connectivity index (χ4v) is 3.58. The van der Waals surface area contributed by atoms with Gasteiger partial charge in [0.2, 0.25) is 10.5 Å². The number of nitrogens with zero attached hydrogens (tertiary/aromatic N) is 1. The number of thiazole rings is 1. The molecule has 0 radical (unpaired) electrons. The number of rotatable bonds is 5. The minimum Gasteiger partial charge on any atom is -0.748 e. The molecule has 0 aliphatic rings. The number of unbranched alkanes of at least 4 members (excludes halogenated alkanes) is 1. The Hall–Kier alpha value is -1.05. The van der Waals surface area contributed by atoms with Crippen LogP contribution in [-0.2, 0) is 16.7 Å². The van der Waals surface area contributed by atoms with E-state index < -0.39 is 10.1 Å². The molecule has 1 aromatic carbocycles. The second kappa shape index (κ2) is 5.52. The van der Waals surface area contributed by atoms with Gasteiger partial charge in [0.15, 0.2) is 0 Å². The highest BCUT2D eigenvalue weighted by Crippen LogP contribution is 2.20. The van der Waals surface area contributed by atoms with Gasteiger partial charge in [-0.25, -0.2) is 12.8 Å². The van der Waals surface area contributed by atoms with Crippen LogP contribution in [0.2, 0.25) is 0 Å². The maximum absolute atomic E-state index is 13.2. The average Bonchev–Trinajstić information content (AvgIpc) is 2.59. The molecule has 0 fully saturated rings. The monoisotopic (exact) mass is 303 g/mol. The molecule has 1 aromatic heterocycles. The summed E-state index contributed by atoms with van der Waals surface area (Å²) in [5.41, 5.74) is 0.812. The minimum absolute atomic E-state index is 0.291. The van der Waals surface area contributed by atoms with Crippen molar-refractivity contribution in [3.05, 3.63) is 29.0 Å². The first-order valence-corrected chi connectivity index (χ1v) is 8.28. The zero-order valence-corrected chi connectivity index (χ0v) is 12.1. The minimum atomic E-state index is -4.14. The maximum atomic E-state index is 13.2. The van der Waals surface area contributed by atoms with E-state index >= 15 is 0 Å². The summed E-state index contributed by atoms with van der Waals surface area (Å²) >= 11 is 1.57. The van der Waals surface area contributed by atoms with Crippen LogP contribution in [0.25, 0.3) is 10.2 Å². The average molecular weight is 303 g/mol. The largest absolute Gasteiger partial charge is 0.748 e. The van der Waals surface area contributed by atoms with E-state index in [1.165, 1.54) is 12.1 Å². The normalized spacial score (nSPS) is 12.2. The zero-order chi connectivity index (χ0) is 14.0. The molecule has 0 bridgehead atoms. The third kappa shape index (κ3) is 3.71. The lowest BCUT2D eigenvalue weighted by Gasteiger charge is -2.04. The van der Waals surface area contributed by atoms with Crippen LogP contribution in [0.15, 0.2) is 18.2 Å². The van der Waals surface area contributed by atoms with Crippen molar-refractivity contribution in [3.63, 3.8) is 0 Å². The summed E-state index contributed by atoms with van der Waals surface area (Å²) in [5, 5.41) is 1.03. The zero-order valence-electron chi connectivity index (χ0n) is 10.4. The third-order valence-electron chi connectivity index (χ3n) is 2.88. The Balaban J connectivity index is 2.12. The smallest absolute Gasteiger partial charge is 0.235 e. The number of hydrogen-bond donors (Lipinski definition) is 0. The van der Waals surface area contributed by atoms with Crippen molar-refractivity contribution in [3.8, 4) is 0 Å². The highest BCUT2D eigenvalue weighted by atomic mass is 32.2. The van der Waals surface area contributed by atoms with Crippen LogP contribution in [0.5, 0.6) is 0 Å². The van der Waals surface area contributed by atoms with E-state index in [0.717, 1.165) is 15.2 Å². The summed E-state index contributed by atoms with van der Waals surface area (Å²) in [6.45, 7) is 2.53. The summed E-state index contributed by atoms with van der Waals surface area (Å²) < 4.78 is 47.7. The molecule has 0 unspecified atom stereocenters.